The quantitative estimate of drug-likeness (QED) is 0.135. The van der Waals surface area contributed by atoms with Crippen LogP contribution < -0.4 is 19.8 Å². The summed E-state index contributed by atoms with van der Waals surface area (Å²) in [6.45, 7) is 8.88. The van der Waals surface area contributed by atoms with E-state index >= 15 is 0 Å². The minimum Gasteiger partial charge on any atom is -0.494 e. The second kappa shape index (κ2) is 14.1. The van der Waals surface area contributed by atoms with Gasteiger partial charge in [-0.3, -0.25) is 4.79 Å². The maximum absolute atomic E-state index is 13.9. The molecule has 0 N–H and O–H groups in total. The Kier molecular flexibility index (Phi) is 10.2. The molecule has 0 unspecified atom stereocenters. The van der Waals surface area contributed by atoms with Crippen molar-refractivity contribution in [2.24, 2.45) is 5.10 Å². The number of para-hydroxylation sites is 1. The minimum absolute atomic E-state index is 0.180. The van der Waals surface area contributed by atoms with Crippen molar-refractivity contribution in [1.82, 2.24) is 9.66 Å². The van der Waals surface area contributed by atoms with Gasteiger partial charge in [0, 0.05) is 26.2 Å². The first-order valence-electron chi connectivity index (χ1n) is 14.4. The van der Waals surface area contributed by atoms with E-state index in [0.29, 0.717) is 49.9 Å². The van der Waals surface area contributed by atoms with Crippen LogP contribution in [0.1, 0.15) is 48.9 Å². The van der Waals surface area contributed by atoms with Gasteiger partial charge in [-0.25, -0.2) is 4.98 Å². The Labute approximate surface area is 280 Å². The third-order valence-electron chi connectivity index (χ3n) is 7.29. The number of aryl methyl sites for hydroxylation is 1. The van der Waals surface area contributed by atoms with Crippen molar-refractivity contribution in [2.75, 3.05) is 13.7 Å². The smallest absolute Gasteiger partial charge is 0.282 e. The summed E-state index contributed by atoms with van der Waals surface area (Å²) >= 11 is 16.7. The third-order valence-corrected chi connectivity index (χ3v) is 9.10. The molecule has 45 heavy (non-hydrogen) atoms. The minimum atomic E-state index is -0.305. The molecule has 0 amide bonds. The molecule has 0 saturated heterocycles. The summed E-state index contributed by atoms with van der Waals surface area (Å²) in [6.07, 6.45) is 1.55. The zero-order valence-electron chi connectivity index (χ0n) is 25.5. The second-order valence-electron chi connectivity index (χ2n) is 10.6. The molecule has 0 fully saturated rings. The number of benzene rings is 4. The summed E-state index contributed by atoms with van der Waals surface area (Å²) in [4.78, 5) is 18.8. The fraction of sp³-hybridized carbons (Fsp3) is 0.229. The summed E-state index contributed by atoms with van der Waals surface area (Å²) < 4.78 is 19.5. The van der Waals surface area contributed by atoms with Crippen molar-refractivity contribution in [3.05, 3.63) is 114 Å². The number of methoxy groups -OCH3 is 1. The first-order chi connectivity index (χ1) is 21.6. The third kappa shape index (κ3) is 6.73. The van der Waals surface area contributed by atoms with Gasteiger partial charge in [0.2, 0.25) is 0 Å². The normalized spacial score (nSPS) is 11.5. The van der Waals surface area contributed by atoms with Gasteiger partial charge in [-0.1, -0.05) is 67.4 Å². The predicted molar refractivity (Wildman–Crippen MR) is 186 cm³/mol. The van der Waals surface area contributed by atoms with E-state index in [1.807, 2.05) is 56.3 Å². The zero-order valence-corrected chi connectivity index (χ0v) is 28.6. The molecule has 0 spiro atoms. The van der Waals surface area contributed by atoms with Crippen LogP contribution in [0.2, 0.25) is 10.0 Å². The summed E-state index contributed by atoms with van der Waals surface area (Å²) in [7, 11) is 1.53. The summed E-state index contributed by atoms with van der Waals surface area (Å²) in [6, 6.07) is 20.4. The number of halogens is 3. The van der Waals surface area contributed by atoms with Crippen LogP contribution in [0.5, 0.6) is 17.2 Å². The highest BCUT2D eigenvalue weighted by Crippen LogP contribution is 2.43. The molecule has 5 rings (SSSR count). The molecule has 1 heterocycles. The maximum atomic E-state index is 13.9. The van der Waals surface area contributed by atoms with Crippen LogP contribution in [0.15, 0.2) is 81.1 Å². The lowest BCUT2D eigenvalue weighted by atomic mass is 9.96. The Morgan fingerprint density at radius 1 is 1.02 bits per heavy atom. The van der Waals surface area contributed by atoms with E-state index < -0.39 is 0 Å². The zero-order chi connectivity index (χ0) is 32.2. The van der Waals surface area contributed by atoms with Crippen molar-refractivity contribution < 1.29 is 14.2 Å². The van der Waals surface area contributed by atoms with Crippen molar-refractivity contribution in [2.45, 2.75) is 40.2 Å². The van der Waals surface area contributed by atoms with E-state index in [1.54, 1.807) is 30.5 Å². The summed E-state index contributed by atoms with van der Waals surface area (Å²) in [5.41, 5.74) is 4.34. The lowest BCUT2D eigenvalue weighted by Crippen LogP contribution is -2.21. The number of rotatable bonds is 10. The van der Waals surface area contributed by atoms with Gasteiger partial charge in [0.05, 0.1) is 30.8 Å². The highest BCUT2D eigenvalue weighted by Gasteiger charge is 2.20. The number of ether oxygens (including phenoxy) is 3. The Morgan fingerprint density at radius 3 is 2.47 bits per heavy atom. The molecule has 0 aliphatic heterocycles. The van der Waals surface area contributed by atoms with E-state index in [9.17, 15) is 4.79 Å². The number of hydrogen-bond acceptors (Lipinski definition) is 6. The second-order valence-corrected chi connectivity index (χ2v) is 12.2. The molecular weight excluding hydrogens is 677 g/mol. The fourth-order valence-electron chi connectivity index (χ4n) is 4.95. The van der Waals surface area contributed by atoms with Gasteiger partial charge in [-0.15, -0.1) is 0 Å². The van der Waals surface area contributed by atoms with Gasteiger partial charge in [-0.05, 0) is 83.2 Å². The highest BCUT2D eigenvalue weighted by molar-refractivity contribution is 9.10. The van der Waals surface area contributed by atoms with Crippen LogP contribution in [0.25, 0.3) is 22.3 Å². The van der Waals surface area contributed by atoms with Crippen LogP contribution in [0.4, 0.5) is 0 Å². The van der Waals surface area contributed by atoms with Crippen molar-refractivity contribution >= 4 is 56.2 Å². The van der Waals surface area contributed by atoms with Crippen LogP contribution in [-0.2, 0) is 6.61 Å². The maximum Gasteiger partial charge on any atom is 0.282 e. The van der Waals surface area contributed by atoms with Gasteiger partial charge < -0.3 is 14.2 Å². The predicted octanol–water partition coefficient (Wildman–Crippen LogP) is 9.43. The van der Waals surface area contributed by atoms with Gasteiger partial charge >= 0.3 is 0 Å². The monoisotopic (exact) mass is 707 g/mol. The molecule has 7 nitrogen and oxygen atoms in total. The summed E-state index contributed by atoms with van der Waals surface area (Å²) in [5.74, 6) is 2.14. The fourth-order valence-corrected chi connectivity index (χ4v) is 5.79. The molecule has 4 aromatic carbocycles. The molecule has 0 aliphatic rings. The van der Waals surface area contributed by atoms with Gasteiger partial charge in [0.25, 0.3) is 5.56 Å². The van der Waals surface area contributed by atoms with Crippen molar-refractivity contribution in [3.8, 4) is 28.6 Å². The molecule has 0 bridgehead atoms. The standard InChI is InChI=1S/C35H32BrCl2N3O4/c1-6-44-29-15-21(4)26(17-25(29)20(2)3)34-40-28-14-10-8-12-24(28)35(42)41(34)39-18-23-16-30(43-5)33(32(38)31(23)36)45-19-22-11-7-9-13-27(22)37/h7-18,20H,6,19H2,1-5H3. The Morgan fingerprint density at radius 2 is 1.76 bits per heavy atom. The lowest BCUT2D eigenvalue weighted by molar-refractivity contribution is 0.284. The molecule has 0 atom stereocenters. The van der Waals surface area contributed by atoms with Crippen molar-refractivity contribution in [1.29, 1.82) is 0 Å². The number of fused-ring (bicyclic) bond motifs is 1. The average molecular weight is 709 g/mol. The number of nitrogens with zero attached hydrogens (tertiary/aromatic N) is 3. The van der Waals surface area contributed by atoms with E-state index in [4.69, 9.17) is 42.4 Å². The number of aromatic nitrogens is 2. The molecule has 0 radical (unpaired) electrons. The molecule has 0 saturated carbocycles. The van der Waals surface area contributed by atoms with Crippen LogP contribution >= 0.6 is 39.1 Å². The van der Waals surface area contributed by atoms with E-state index in [0.717, 1.165) is 28.0 Å². The lowest BCUT2D eigenvalue weighted by Gasteiger charge is -2.18. The van der Waals surface area contributed by atoms with Gasteiger partial charge in [0.15, 0.2) is 17.3 Å². The van der Waals surface area contributed by atoms with E-state index in [-0.39, 0.29) is 23.1 Å². The van der Waals surface area contributed by atoms with E-state index in [2.05, 4.69) is 34.9 Å². The topological polar surface area (TPSA) is 74.9 Å². The summed E-state index contributed by atoms with van der Waals surface area (Å²) in [5, 5.41) is 6.00. The Bertz CT molecular complexity index is 1970. The largest absolute Gasteiger partial charge is 0.494 e. The Balaban J connectivity index is 1.63. The molecule has 5 aromatic rings. The van der Waals surface area contributed by atoms with Gasteiger partial charge in [-0.2, -0.15) is 9.78 Å². The molecule has 1 aromatic heterocycles. The van der Waals surface area contributed by atoms with Crippen LogP contribution in [0, 0.1) is 6.92 Å². The van der Waals surface area contributed by atoms with E-state index in [1.165, 1.54) is 11.8 Å². The first kappa shape index (κ1) is 32.5. The molecule has 232 valence electrons. The van der Waals surface area contributed by atoms with Crippen LogP contribution in [0.3, 0.4) is 0 Å². The Hall–Kier alpha value is -3.85. The molecular formula is C35H32BrCl2N3O4. The molecule has 0 aliphatic carbocycles. The SMILES string of the molecule is CCOc1cc(C)c(-c2nc3ccccc3c(=O)n2N=Cc2cc(OC)c(OCc3ccccc3Cl)c(Cl)c2Br)cc1C(C)C. The molecule has 10 heteroatoms. The van der Waals surface area contributed by atoms with Crippen LogP contribution in [-0.4, -0.2) is 29.6 Å². The van der Waals surface area contributed by atoms with Gasteiger partial charge in [0.1, 0.15) is 17.4 Å². The highest BCUT2D eigenvalue weighted by atomic mass is 79.9. The number of hydrogen-bond donors (Lipinski definition) is 0. The first-order valence-corrected chi connectivity index (χ1v) is 16.0. The van der Waals surface area contributed by atoms with Crippen molar-refractivity contribution in [3.63, 3.8) is 0 Å². The average Bonchev–Trinajstić information content (AvgIpc) is 3.02.